The molecule has 0 unspecified atom stereocenters. The van der Waals surface area contributed by atoms with E-state index in [9.17, 15) is 0 Å². The second kappa shape index (κ2) is 14.9. The fraction of sp³-hybridized carbons (Fsp3) is 0.0149. The first kappa shape index (κ1) is 38.9. The zero-order valence-corrected chi connectivity index (χ0v) is 38.2. The predicted molar refractivity (Wildman–Crippen MR) is 292 cm³/mol. The molecule has 0 saturated heterocycles. The normalized spacial score (nSPS) is 13.0. The summed E-state index contributed by atoms with van der Waals surface area (Å²) in [6, 6.07) is 96.7. The van der Waals surface area contributed by atoms with Crippen molar-refractivity contribution in [1.29, 1.82) is 0 Å². The number of hydrogen-bond donors (Lipinski definition) is 0. The number of para-hydroxylation sites is 5. The van der Waals surface area contributed by atoms with E-state index in [0.717, 1.165) is 39.5 Å². The van der Waals surface area contributed by atoms with E-state index in [1.165, 1.54) is 88.2 Å². The van der Waals surface area contributed by atoms with Gasteiger partial charge in [0.05, 0.1) is 33.2 Å². The molecule has 2 aliphatic carbocycles. The van der Waals surface area contributed by atoms with E-state index in [1.54, 1.807) is 0 Å². The number of rotatable bonds is 6. The topological polar surface area (TPSA) is 13.1 Å². The van der Waals surface area contributed by atoms with Gasteiger partial charge in [0.25, 0.3) is 0 Å². The fourth-order valence-corrected chi connectivity index (χ4v) is 12.5. The highest BCUT2D eigenvalue weighted by atomic mass is 15.2. The van der Waals surface area contributed by atoms with Gasteiger partial charge in [0, 0.05) is 44.3 Å². The Balaban J connectivity index is 1.04. The first-order valence-corrected chi connectivity index (χ1v) is 24.3. The summed E-state index contributed by atoms with van der Waals surface area (Å²) < 4.78 is 4.87. The van der Waals surface area contributed by atoms with Gasteiger partial charge in [-0.1, -0.05) is 176 Å². The van der Waals surface area contributed by atoms with Gasteiger partial charge in [0.15, 0.2) is 0 Å². The van der Waals surface area contributed by atoms with E-state index in [4.69, 9.17) is 0 Å². The molecule has 0 amide bonds. The van der Waals surface area contributed by atoms with Gasteiger partial charge in [-0.05, 0) is 141 Å². The van der Waals surface area contributed by atoms with E-state index in [2.05, 4.69) is 275 Å². The molecule has 2 aromatic heterocycles. The quantitative estimate of drug-likeness (QED) is 0.162. The first-order valence-electron chi connectivity index (χ1n) is 24.3. The van der Waals surface area contributed by atoms with Crippen molar-refractivity contribution in [2.75, 3.05) is 4.90 Å². The van der Waals surface area contributed by atoms with Gasteiger partial charge in [-0.2, -0.15) is 0 Å². The summed E-state index contributed by atoms with van der Waals surface area (Å²) in [6.07, 6.45) is 0. The monoisotopic (exact) mass is 889 g/mol. The van der Waals surface area contributed by atoms with Crippen molar-refractivity contribution in [3.05, 3.63) is 283 Å². The molecule has 0 saturated carbocycles. The van der Waals surface area contributed by atoms with E-state index < -0.39 is 5.41 Å². The highest BCUT2D eigenvalue weighted by Crippen LogP contribution is 2.63. The molecule has 0 aliphatic heterocycles. The Kier molecular flexibility index (Phi) is 8.28. The summed E-state index contributed by atoms with van der Waals surface area (Å²) >= 11 is 0. The first-order chi connectivity index (χ1) is 34.8. The maximum absolute atomic E-state index is 2.52. The Morgan fingerprint density at radius 2 is 0.757 bits per heavy atom. The van der Waals surface area contributed by atoms with Gasteiger partial charge in [-0.3, -0.25) is 0 Å². The lowest BCUT2D eigenvalue weighted by Gasteiger charge is -2.32. The third-order valence-corrected chi connectivity index (χ3v) is 15.3. The molecule has 1 spiro atoms. The molecule has 70 heavy (non-hydrogen) atoms. The Morgan fingerprint density at radius 1 is 0.286 bits per heavy atom. The molecule has 13 aromatic rings. The Labute approximate surface area is 406 Å². The zero-order chi connectivity index (χ0) is 45.9. The van der Waals surface area contributed by atoms with E-state index in [0.29, 0.717) is 0 Å². The number of hydrogen-bond acceptors (Lipinski definition) is 1. The van der Waals surface area contributed by atoms with Crippen LogP contribution in [0.2, 0.25) is 0 Å². The molecule has 15 rings (SSSR count). The van der Waals surface area contributed by atoms with E-state index >= 15 is 0 Å². The van der Waals surface area contributed by atoms with Crippen molar-refractivity contribution < 1.29 is 0 Å². The Hall–Kier alpha value is -9.18. The highest BCUT2D eigenvalue weighted by molar-refractivity contribution is 6.17. The molecule has 0 fully saturated rings. The third kappa shape index (κ3) is 5.34. The number of benzene rings is 11. The number of fused-ring (bicyclic) bond motifs is 16. The summed E-state index contributed by atoms with van der Waals surface area (Å²) in [7, 11) is 0. The van der Waals surface area contributed by atoms with Crippen LogP contribution in [0, 0.1) is 0 Å². The van der Waals surface area contributed by atoms with Crippen molar-refractivity contribution in [3.63, 3.8) is 0 Å². The minimum Gasteiger partial charge on any atom is -0.309 e. The summed E-state index contributed by atoms with van der Waals surface area (Å²) in [5.74, 6) is 0. The maximum Gasteiger partial charge on any atom is 0.0782 e. The van der Waals surface area contributed by atoms with Gasteiger partial charge in [-0.15, -0.1) is 0 Å². The van der Waals surface area contributed by atoms with Gasteiger partial charge in [0.2, 0.25) is 0 Å². The summed E-state index contributed by atoms with van der Waals surface area (Å²) in [5, 5.41) is 4.87. The second-order valence-corrected chi connectivity index (χ2v) is 18.8. The maximum atomic E-state index is 2.52. The molecule has 2 aliphatic rings. The van der Waals surface area contributed by atoms with E-state index in [-0.39, 0.29) is 0 Å². The lowest BCUT2D eigenvalue weighted by Crippen LogP contribution is -2.26. The van der Waals surface area contributed by atoms with Crippen LogP contribution in [-0.2, 0) is 5.41 Å². The SMILES string of the molecule is c1ccc(N(c2ccc3c(c2)C2(c4ccccc4-c4ccccc42)c2ccccc2-3)c2cc(-c3ccc4c(c3)c3ccccc3n4-c3ccccc3)cc3c4ccccc4n(-c4ccccc4)c23)cc1. The molecule has 0 atom stereocenters. The smallest absolute Gasteiger partial charge is 0.0782 e. The predicted octanol–water partition coefficient (Wildman–Crippen LogP) is 17.4. The van der Waals surface area contributed by atoms with Gasteiger partial charge in [0.1, 0.15) is 0 Å². The fourth-order valence-electron chi connectivity index (χ4n) is 12.5. The third-order valence-electron chi connectivity index (χ3n) is 15.3. The minimum atomic E-state index is -0.484. The number of aromatic nitrogens is 2. The Morgan fingerprint density at radius 3 is 1.39 bits per heavy atom. The average Bonchev–Trinajstić information content (AvgIpc) is 4.14. The summed E-state index contributed by atoms with van der Waals surface area (Å²) in [4.78, 5) is 2.52. The lowest BCUT2D eigenvalue weighted by molar-refractivity contribution is 0.793. The minimum absolute atomic E-state index is 0.484. The van der Waals surface area contributed by atoms with Crippen LogP contribution in [0.1, 0.15) is 22.3 Å². The van der Waals surface area contributed by atoms with Crippen molar-refractivity contribution in [3.8, 4) is 44.8 Å². The zero-order valence-electron chi connectivity index (χ0n) is 38.2. The van der Waals surface area contributed by atoms with Crippen LogP contribution in [0.25, 0.3) is 88.4 Å². The standard InChI is InChI=1S/C67H43N3/c1-4-20-46(21-5-1)68(49-37-38-53-52-28-12-17-33-60(52)67(61(53)43-49)58-31-15-10-26-50(58)51-27-11-16-32-59(51)67)65-42-45(41-57-55-30-14-19-35-63(55)70(66(57)65)48-24-8-3-9-25-48)44-36-39-64-56(40-44)54-29-13-18-34-62(54)69(64)47-22-6-2-7-23-47/h1-43H. The van der Waals surface area contributed by atoms with Crippen LogP contribution in [0.3, 0.4) is 0 Å². The van der Waals surface area contributed by atoms with Gasteiger partial charge < -0.3 is 14.0 Å². The lowest BCUT2D eigenvalue weighted by atomic mass is 9.70. The van der Waals surface area contributed by atoms with Crippen LogP contribution >= 0.6 is 0 Å². The van der Waals surface area contributed by atoms with Crippen molar-refractivity contribution in [1.82, 2.24) is 9.13 Å². The molecule has 0 N–H and O–H groups in total. The molecule has 0 radical (unpaired) electrons. The van der Waals surface area contributed by atoms with Gasteiger partial charge in [-0.25, -0.2) is 0 Å². The largest absolute Gasteiger partial charge is 0.309 e. The molecule has 3 nitrogen and oxygen atoms in total. The Bertz CT molecular complexity index is 4170. The average molecular weight is 890 g/mol. The summed E-state index contributed by atoms with van der Waals surface area (Å²) in [6.45, 7) is 0. The van der Waals surface area contributed by atoms with Crippen molar-refractivity contribution in [2.24, 2.45) is 0 Å². The van der Waals surface area contributed by atoms with Crippen LogP contribution < -0.4 is 4.90 Å². The molecule has 0 bridgehead atoms. The molecule has 2 heterocycles. The highest BCUT2D eigenvalue weighted by Gasteiger charge is 2.51. The van der Waals surface area contributed by atoms with Crippen LogP contribution in [0.15, 0.2) is 261 Å². The molecule has 11 aromatic carbocycles. The van der Waals surface area contributed by atoms with Crippen molar-refractivity contribution >= 4 is 60.7 Å². The molecule has 326 valence electrons. The number of anilines is 3. The van der Waals surface area contributed by atoms with Crippen LogP contribution in [-0.4, -0.2) is 9.13 Å². The second-order valence-electron chi connectivity index (χ2n) is 18.8. The van der Waals surface area contributed by atoms with Crippen LogP contribution in [0.4, 0.5) is 17.1 Å². The summed E-state index contributed by atoms with van der Waals surface area (Å²) in [5.41, 5.74) is 22.6. The number of nitrogens with zero attached hydrogens (tertiary/aromatic N) is 3. The van der Waals surface area contributed by atoms with Crippen LogP contribution in [0.5, 0.6) is 0 Å². The van der Waals surface area contributed by atoms with Crippen molar-refractivity contribution in [2.45, 2.75) is 5.41 Å². The van der Waals surface area contributed by atoms with Gasteiger partial charge >= 0.3 is 0 Å². The molecule has 3 heteroatoms. The molecular weight excluding hydrogens is 847 g/mol. The van der Waals surface area contributed by atoms with E-state index in [1.807, 2.05) is 0 Å². The molecular formula is C67H43N3.